The number of fused-ring (bicyclic) bond motifs is 2. The number of hydrogen-bond acceptors (Lipinski definition) is 2. The van der Waals surface area contributed by atoms with E-state index < -0.39 is 0 Å². The van der Waals surface area contributed by atoms with Crippen LogP contribution in [0.15, 0.2) is 72.9 Å². The van der Waals surface area contributed by atoms with Crippen LogP contribution >= 0.6 is 12.1 Å². The molecule has 0 saturated carbocycles. The summed E-state index contributed by atoms with van der Waals surface area (Å²) < 4.78 is 14.2. The van der Waals surface area contributed by atoms with Crippen LogP contribution in [0.4, 0.5) is 3.89 Å². The Morgan fingerprint density at radius 3 is 2.52 bits per heavy atom. The first kappa shape index (κ1) is 21.8. The van der Waals surface area contributed by atoms with Gasteiger partial charge in [-0.15, -0.1) is 0 Å². The van der Waals surface area contributed by atoms with E-state index in [-0.39, 0.29) is 16.6 Å². The molecule has 3 aromatic rings. The Hall–Kier alpha value is -2.39. The van der Waals surface area contributed by atoms with Crippen molar-refractivity contribution in [1.29, 1.82) is 0 Å². The van der Waals surface area contributed by atoms with Gasteiger partial charge in [-0.2, -0.15) is 3.89 Å². The number of halogens is 1. The van der Waals surface area contributed by atoms with Gasteiger partial charge in [0.15, 0.2) is 0 Å². The highest BCUT2D eigenvalue weighted by Crippen LogP contribution is 2.48. The number of allylic oxidation sites excluding steroid dienone is 2. The number of rotatable bonds is 7. The van der Waals surface area contributed by atoms with Crippen LogP contribution in [0.1, 0.15) is 45.7 Å². The number of pyridine rings is 1. The summed E-state index contributed by atoms with van der Waals surface area (Å²) in [4.78, 5) is 4.76. The van der Waals surface area contributed by atoms with Crippen molar-refractivity contribution in [2.24, 2.45) is 11.3 Å². The van der Waals surface area contributed by atoms with Crippen LogP contribution in [0.25, 0.3) is 22.4 Å². The highest BCUT2D eigenvalue weighted by atomic mass is 32.2. The molecule has 1 aliphatic rings. The predicted molar refractivity (Wildman–Crippen MR) is 133 cm³/mol. The summed E-state index contributed by atoms with van der Waals surface area (Å²) in [5, 5.41) is 4.83. The standard InChI is InChI=1S/C28H30FNS/c1-4-6-16-28(3,26(5-2)31-29)24-15-14-22-18-20-11-7-8-12-21(20)19-23(22)27(24)25-13-9-10-17-30-25/h6-14,16-19,24,26H,4-5,15H2,1-3H3. The summed E-state index contributed by atoms with van der Waals surface area (Å²) in [5.74, 6) is 0.145. The van der Waals surface area contributed by atoms with Gasteiger partial charge in [0.1, 0.15) is 0 Å². The Labute approximate surface area is 189 Å². The molecule has 1 heterocycles. The van der Waals surface area contributed by atoms with Crippen LogP contribution in [-0.2, 0) is 0 Å². The Balaban J connectivity index is 2.05. The lowest BCUT2D eigenvalue weighted by Gasteiger charge is -2.42. The summed E-state index contributed by atoms with van der Waals surface area (Å²) in [5.41, 5.74) is 1.91. The maximum absolute atomic E-state index is 14.2. The number of benzene rings is 2. The summed E-state index contributed by atoms with van der Waals surface area (Å²) >= 11 is 0.503. The van der Waals surface area contributed by atoms with E-state index in [0.717, 1.165) is 25.0 Å². The molecular weight excluding hydrogens is 401 g/mol. The first-order valence-corrected chi connectivity index (χ1v) is 12.0. The van der Waals surface area contributed by atoms with Gasteiger partial charge in [-0.1, -0.05) is 69.3 Å². The third-order valence-corrected chi connectivity index (χ3v) is 7.76. The van der Waals surface area contributed by atoms with Gasteiger partial charge < -0.3 is 0 Å². The van der Waals surface area contributed by atoms with Gasteiger partial charge in [0.25, 0.3) is 0 Å². The summed E-state index contributed by atoms with van der Waals surface area (Å²) in [6.45, 7) is 6.45. The Morgan fingerprint density at radius 2 is 1.87 bits per heavy atom. The normalized spacial score (nSPS) is 19.1. The van der Waals surface area contributed by atoms with Crippen molar-refractivity contribution in [3.05, 3.63) is 89.1 Å². The lowest BCUT2D eigenvalue weighted by molar-refractivity contribution is 0.301. The minimum absolute atomic E-state index is 0.116. The molecule has 1 nitrogen and oxygen atoms in total. The van der Waals surface area contributed by atoms with Crippen molar-refractivity contribution in [2.75, 3.05) is 0 Å². The zero-order chi connectivity index (χ0) is 21.8. The van der Waals surface area contributed by atoms with Crippen LogP contribution in [0.3, 0.4) is 0 Å². The van der Waals surface area contributed by atoms with Crippen LogP contribution in [-0.4, -0.2) is 10.2 Å². The molecule has 0 radical (unpaired) electrons. The molecule has 2 aromatic carbocycles. The van der Waals surface area contributed by atoms with Gasteiger partial charge in [0, 0.05) is 34.9 Å². The quantitative estimate of drug-likeness (QED) is 0.391. The van der Waals surface area contributed by atoms with E-state index in [4.69, 9.17) is 4.98 Å². The van der Waals surface area contributed by atoms with E-state index in [0.29, 0.717) is 12.1 Å². The monoisotopic (exact) mass is 431 g/mol. The molecule has 31 heavy (non-hydrogen) atoms. The van der Waals surface area contributed by atoms with E-state index in [9.17, 15) is 3.89 Å². The second-order valence-corrected chi connectivity index (χ2v) is 9.32. The number of nitrogens with zero attached hydrogens (tertiary/aromatic N) is 1. The van der Waals surface area contributed by atoms with Crippen LogP contribution in [0.5, 0.6) is 0 Å². The van der Waals surface area contributed by atoms with E-state index >= 15 is 0 Å². The summed E-state index contributed by atoms with van der Waals surface area (Å²) in [7, 11) is 0. The smallest absolute Gasteiger partial charge is 0.0671 e. The van der Waals surface area contributed by atoms with E-state index in [2.05, 4.69) is 81.5 Å². The summed E-state index contributed by atoms with van der Waals surface area (Å²) in [6.07, 6.45) is 11.3. The average molecular weight is 432 g/mol. The van der Waals surface area contributed by atoms with Crippen molar-refractivity contribution < 1.29 is 3.89 Å². The first-order valence-electron chi connectivity index (χ1n) is 11.2. The Bertz CT molecular complexity index is 1200. The predicted octanol–water partition coefficient (Wildman–Crippen LogP) is 6.60. The van der Waals surface area contributed by atoms with Gasteiger partial charge >= 0.3 is 0 Å². The van der Waals surface area contributed by atoms with Crippen LogP contribution < -0.4 is 10.4 Å². The van der Waals surface area contributed by atoms with Gasteiger partial charge in [0.05, 0.1) is 5.69 Å². The van der Waals surface area contributed by atoms with Crippen molar-refractivity contribution in [2.45, 2.75) is 45.3 Å². The highest BCUT2D eigenvalue weighted by molar-refractivity contribution is 7.95. The lowest BCUT2D eigenvalue weighted by Crippen LogP contribution is -2.43. The molecule has 0 saturated heterocycles. The van der Waals surface area contributed by atoms with Crippen molar-refractivity contribution >= 4 is 34.6 Å². The zero-order valence-corrected chi connectivity index (χ0v) is 19.3. The molecule has 3 unspecified atom stereocenters. The molecule has 0 N–H and O–H groups in total. The lowest BCUT2D eigenvalue weighted by atomic mass is 9.66. The Morgan fingerprint density at radius 1 is 1.13 bits per heavy atom. The molecule has 0 spiro atoms. The van der Waals surface area contributed by atoms with Crippen molar-refractivity contribution in [3.8, 4) is 0 Å². The fourth-order valence-corrected chi connectivity index (χ4v) is 5.59. The molecule has 3 atom stereocenters. The highest BCUT2D eigenvalue weighted by Gasteiger charge is 2.42. The molecule has 160 valence electrons. The largest absolute Gasteiger partial charge is 0.257 e. The molecule has 0 amide bonds. The van der Waals surface area contributed by atoms with Crippen LogP contribution in [0.2, 0.25) is 0 Å². The van der Waals surface area contributed by atoms with Gasteiger partial charge in [-0.05, 0) is 70.3 Å². The van der Waals surface area contributed by atoms with E-state index in [1.54, 1.807) is 0 Å². The van der Waals surface area contributed by atoms with E-state index in [1.165, 1.54) is 26.8 Å². The van der Waals surface area contributed by atoms with Gasteiger partial charge in [-0.3, -0.25) is 4.98 Å². The van der Waals surface area contributed by atoms with E-state index in [1.807, 2.05) is 18.3 Å². The summed E-state index contributed by atoms with van der Waals surface area (Å²) in [6, 6.07) is 19.2. The fourth-order valence-electron chi connectivity index (χ4n) is 5.03. The van der Waals surface area contributed by atoms with Gasteiger partial charge in [0.2, 0.25) is 0 Å². The molecule has 4 rings (SSSR count). The molecule has 1 aromatic heterocycles. The maximum Gasteiger partial charge on any atom is 0.0671 e. The van der Waals surface area contributed by atoms with Crippen molar-refractivity contribution in [1.82, 2.24) is 4.98 Å². The van der Waals surface area contributed by atoms with Crippen LogP contribution in [0, 0.1) is 11.3 Å². The third kappa shape index (κ3) is 4.08. The average Bonchev–Trinajstić information content (AvgIpc) is 2.82. The second-order valence-electron chi connectivity index (χ2n) is 8.57. The fraction of sp³-hybridized carbons (Fsp3) is 0.321. The first-order chi connectivity index (χ1) is 15.1. The second kappa shape index (κ2) is 9.40. The Kier molecular flexibility index (Phi) is 6.62. The van der Waals surface area contributed by atoms with Crippen molar-refractivity contribution in [3.63, 3.8) is 0 Å². The molecule has 0 bridgehead atoms. The third-order valence-electron chi connectivity index (χ3n) is 6.71. The zero-order valence-electron chi connectivity index (χ0n) is 18.5. The minimum Gasteiger partial charge on any atom is -0.257 e. The number of aromatic nitrogens is 1. The SMILES string of the molecule is CCC=CC(C)(C(CC)SF)C1CC=c2cc3ccccc3cc2=C1c1ccccn1. The molecule has 3 heteroatoms. The topological polar surface area (TPSA) is 12.9 Å². The minimum atomic E-state index is -0.323. The molecule has 1 aliphatic carbocycles. The maximum atomic E-state index is 14.2. The molecule has 0 aliphatic heterocycles. The molecule has 0 fully saturated rings. The number of hydrogen-bond donors (Lipinski definition) is 0. The molecular formula is C28H30FNS. The van der Waals surface area contributed by atoms with Gasteiger partial charge in [-0.25, -0.2) is 0 Å².